The Morgan fingerprint density at radius 2 is 1.64 bits per heavy atom. The minimum atomic E-state index is -1.28. The summed E-state index contributed by atoms with van der Waals surface area (Å²) in [5.74, 6) is -3.61. The summed E-state index contributed by atoms with van der Waals surface area (Å²) in [4.78, 5) is 27.7. The number of halogens is 1. The molecule has 0 saturated carbocycles. The lowest BCUT2D eigenvalue weighted by Crippen LogP contribution is -3.00. The van der Waals surface area contributed by atoms with E-state index in [0.717, 1.165) is 11.8 Å². The van der Waals surface area contributed by atoms with Crippen molar-refractivity contribution < 1.29 is 67.1 Å². The minimum absolute atomic E-state index is 0. The topological polar surface area (TPSA) is 215 Å². The number of benzene rings is 4. The molecule has 0 aromatic heterocycles. The van der Waals surface area contributed by atoms with Crippen LogP contribution in [0.5, 0.6) is 34.5 Å². The summed E-state index contributed by atoms with van der Waals surface area (Å²) in [5, 5.41) is 68.9. The van der Waals surface area contributed by atoms with Crippen LogP contribution in [0.1, 0.15) is 33.0 Å². The maximum Gasteiger partial charge on any atom is 0.342 e. The predicted octanol–water partition coefficient (Wildman–Crippen LogP) is -0.494. The van der Waals surface area contributed by atoms with Crippen LogP contribution in [0.3, 0.4) is 0 Å². The van der Waals surface area contributed by atoms with Crippen LogP contribution in [0, 0.1) is 0 Å². The molecule has 0 unspecified atom stereocenters. The number of carbonyl (C=O) groups is 1. The van der Waals surface area contributed by atoms with Gasteiger partial charge < -0.3 is 62.2 Å². The van der Waals surface area contributed by atoms with Crippen molar-refractivity contribution >= 4 is 22.8 Å². The molecule has 4 aliphatic rings. The molecule has 7 rings (SSSR count). The standard InChI is InChI=1S/C16H14O6.C15H12N2O5.ClH/c17-10-2-1-8-13-9-4-12(19)11(18)3-7(9)5-16(13,21)6-22-15(8)14(10)20;1-17(2)7-3-4-9-11(5-7)22-14-12(16-9)8(15(20)21)6-10(18)13(14)19;/h1-4,13,17-21H,5-6H2;3-6,19H,1-2H3,(H,20,21);1H/t13-,16+;;/m1../s1. The first kappa shape index (κ1) is 31.0. The molecule has 2 heterocycles. The first-order valence-corrected chi connectivity index (χ1v) is 13.3. The molecule has 234 valence electrons. The van der Waals surface area contributed by atoms with Crippen molar-refractivity contribution in [2.75, 3.05) is 25.6 Å². The molecule has 3 aromatic carbocycles. The number of fused-ring (bicyclic) bond motifs is 7. The van der Waals surface area contributed by atoms with Crippen LogP contribution >= 0.6 is 0 Å². The Labute approximate surface area is 260 Å². The van der Waals surface area contributed by atoms with Crippen LogP contribution in [-0.2, 0) is 6.42 Å². The number of carboxylic acid groups (broad SMARTS) is 1. The van der Waals surface area contributed by atoms with Gasteiger partial charge in [0, 0.05) is 55.9 Å². The monoisotopic (exact) mass is 638 g/mol. The summed E-state index contributed by atoms with van der Waals surface area (Å²) in [5.41, 5.74) is 1.53. The smallest absolute Gasteiger partial charge is 0.342 e. The number of aliphatic hydroxyl groups is 1. The molecule has 2 aliphatic heterocycles. The van der Waals surface area contributed by atoms with E-state index in [2.05, 4.69) is 4.98 Å². The number of phenolic OH excluding ortho intramolecular Hbond substituents is 5. The Hall–Kier alpha value is -5.40. The van der Waals surface area contributed by atoms with Crippen LogP contribution in [0.25, 0.3) is 22.6 Å². The second-order valence-corrected chi connectivity index (χ2v) is 11.0. The van der Waals surface area contributed by atoms with Gasteiger partial charge in [-0.2, -0.15) is 4.98 Å². The number of anilines is 1. The van der Waals surface area contributed by atoms with E-state index < -0.39 is 28.7 Å². The summed E-state index contributed by atoms with van der Waals surface area (Å²) in [6.07, 6.45) is 0.266. The van der Waals surface area contributed by atoms with E-state index in [1.165, 1.54) is 18.2 Å². The van der Waals surface area contributed by atoms with Crippen molar-refractivity contribution in [3.63, 3.8) is 0 Å². The third-order valence-corrected chi connectivity index (χ3v) is 7.90. The summed E-state index contributed by atoms with van der Waals surface area (Å²) in [6.45, 7) is -0.0577. The molecule has 8 N–H and O–H groups in total. The molecule has 0 bridgehead atoms. The Morgan fingerprint density at radius 1 is 0.933 bits per heavy atom. The third-order valence-electron chi connectivity index (χ3n) is 7.90. The number of ether oxygens (including phenoxy) is 1. The predicted molar refractivity (Wildman–Crippen MR) is 154 cm³/mol. The van der Waals surface area contributed by atoms with Crippen molar-refractivity contribution in [2.24, 2.45) is 0 Å². The van der Waals surface area contributed by atoms with Crippen molar-refractivity contribution in [1.82, 2.24) is 0 Å². The second-order valence-electron chi connectivity index (χ2n) is 11.0. The van der Waals surface area contributed by atoms with E-state index in [0.29, 0.717) is 27.8 Å². The van der Waals surface area contributed by atoms with Gasteiger partial charge in [-0.3, -0.25) is 4.79 Å². The number of aromatic amines is 1. The van der Waals surface area contributed by atoms with Gasteiger partial charge in [-0.1, -0.05) is 6.07 Å². The van der Waals surface area contributed by atoms with Gasteiger partial charge in [-0.25, -0.2) is 4.79 Å². The van der Waals surface area contributed by atoms with E-state index in [1.54, 1.807) is 18.2 Å². The number of aromatic hydroxyl groups is 5. The molecular formula is C31H27ClN2O11. The molecule has 2 aliphatic carbocycles. The number of aromatic carboxylic acids is 1. The maximum absolute atomic E-state index is 11.7. The van der Waals surface area contributed by atoms with Crippen LogP contribution in [0.2, 0.25) is 0 Å². The van der Waals surface area contributed by atoms with E-state index in [4.69, 9.17) is 9.15 Å². The van der Waals surface area contributed by atoms with Gasteiger partial charge in [-0.05, 0) is 35.4 Å². The van der Waals surface area contributed by atoms with Crippen molar-refractivity contribution in [1.29, 1.82) is 0 Å². The van der Waals surface area contributed by atoms with E-state index >= 15 is 0 Å². The normalized spacial score (nSPS) is 17.6. The molecule has 0 radical (unpaired) electrons. The Balaban J connectivity index is 0.000000174. The number of phenols is 5. The van der Waals surface area contributed by atoms with Crippen LogP contribution < -0.4 is 32.5 Å². The number of aromatic nitrogens is 1. The zero-order chi connectivity index (χ0) is 31.7. The molecule has 2 atom stereocenters. The third kappa shape index (κ3) is 5.01. The number of hydrogen-bond acceptors (Lipinski definition) is 11. The highest BCUT2D eigenvalue weighted by Gasteiger charge is 2.51. The first-order valence-electron chi connectivity index (χ1n) is 13.3. The van der Waals surface area contributed by atoms with Crippen molar-refractivity contribution in [3.8, 4) is 46.0 Å². The molecule has 45 heavy (non-hydrogen) atoms. The second kappa shape index (κ2) is 10.9. The Kier molecular flexibility index (Phi) is 7.55. The molecule has 0 spiro atoms. The lowest BCUT2D eigenvalue weighted by Gasteiger charge is -2.36. The Bertz CT molecular complexity index is 2030. The summed E-state index contributed by atoms with van der Waals surface area (Å²) < 4.78 is 11.0. The number of nitrogens with zero attached hydrogens (tertiary/aromatic N) is 1. The van der Waals surface area contributed by atoms with Crippen LogP contribution in [0.4, 0.5) is 5.69 Å². The zero-order valence-corrected chi connectivity index (χ0v) is 24.5. The SMILES string of the molecule is CN(C)c1ccc2[nH+]c3c(C(=O)O)cc(=O)c(O)c-3oc2c1.Oc1cc2c(cc1O)[C@H]1c3ccc(O)c(O)c3OC[C@@]1(O)C2.[Cl-]. The van der Waals surface area contributed by atoms with Crippen LogP contribution in [0.15, 0.2) is 57.7 Å². The highest BCUT2D eigenvalue weighted by Crippen LogP contribution is 2.55. The van der Waals surface area contributed by atoms with Gasteiger partial charge in [0.15, 0.2) is 23.0 Å². The fraction of sp³-hybridized carbons (Fsp3) is 0.194. The number of hydrogen-bond donors (Lipinski definition) is 7. The van der Waals surface area contributed by atoms with Gasteiger partial charge in [-0.15, -0.1) is 0 Å². The van der Waals surface area contributed by atoms with Crippen molar-refractivity contribution in [2.45, 2.75) is 17.9 Å². The fourth-order valence-corrected chi connectivity index (χ4v) is 5.76. The molecular weight excluding hydrogens is 612 g/mol. The Morgan fingerprint density at radius 3 is 2.33 bits per heavy atom. The van der Waals surface area contributed by atoms with Gasteiger partial charge >= 0.3 is 5.97 Å². The minimum Gasteiger partial charge on any atom is -1.00 e. The molecule has 0 saturated heterocycles. The van der Waals surface area contributed by atoms with Gasteiger partial charge in [0.25, 0.3) is 5.69 Å². The highest BCUT2D eigenvalue weighted by atomic mass is 35.5. The fourth-order valence-electron chi connectivity index (χ4n) is 5.76. The summed E-state index contributed by atoms with van der Waals surface area (Å²) >= 11 is 0. The quantitative estimate of drug-likeness (QED) is 0.0963. The maximum atomic E-state index is 11.7. The van der Waals surface area contributed by atoms with Gasteiger partial charge in [0.1, 0.15) is 17.8 Å². The lowest BCUT2D eigenvalue weighted by molar-refractivity contribution is -0.334. The molecule has 13 nitrogen and oxygen atoms in total. The zero-order valence-electron chi connectivity index (χ0n) is 23.7. The van der Waals surface area contributed by atoms with E-state index in [-0.39, 0.29) is 71.2 Å². The molecule has 0 fully saturated rings. The largest absolute Gasteiger partial charge is 1.00 e. The highest BCUT2D eigenvalue weighted by molar-refractivity contribution is 5.95. The average molecular weight is 639 g/mol. The molecule has 3 aromatic rings. The molecule has 14 heteroatoms. The van der Waals surface area contributed by atoms with Crippen molar-refractivity contribution in [3.05, 3.63) is 81.0 Å². The van der Waals surface area contributed by atoms with Gasteiger partial charge in [0.05, 0.1) is 0 Å². The summed E-state index contributed by atoms with van der Waals surface area (Å²) in [6, 6.07) is 11.9. The number of H-pyrrole nitrogens is 1. The van der Waals surface area contributed by atoms with E-state index in [9.17, 15) is 45.3 Å². The number of nitrogens with one attached hydrogen (secondary N) is 1. The average Bonchev–Trinajstić information content (AvgIpc) is 3.27. The number of rotatable bonds is 2. The summed E-state index contributed by atoms with van der Waals surface area (Å²) in [7, 11) is 3.73. The van der Waals surface area contributed by atoms with Gasteiger partial charge in [0.2, 0.25) is 33.8 Å². The lowest BCUT2D eigenvalue weighted by atomic mass is 9.80. The first-order chi connectivity index (χ1) is 20.8. The van der Waals surface area contributed by atoms with Crippen LogP contribution in [-0.4, -0.2) is 68.0 Å². The van der Waals surface area contributed by atoms with E-state index in [1.807, 2.05) is 25.1 Å². The molecule has 0 amide bonds. The number of carboxylic acids is 1.